The van der Waals surface area contributed by atoms with E-state index < -0.39 is 0 Å². The third kappa shape index (κ3) is 10.3. The second-order valence-corrected chi connectivity index (χ2v) is 8.94. The van der Waals surface area contributed by atoms with Crippen molar-refractivity contribution in [1.82, 2.24) is 0 Å². The molecular weight excluding hydrogens is 443 g/mol. The zero-order valence-corrected chi connectivity index (χ0v) is 22.3. The molecule has 0 bridgehead atoms. The maximum atomic E-state index is 11.5. The Kier molecular flexibility index (Phi) is 12.8. The van der Waals surface area contributed by atoms with Gasteiger partial charge in [-0.1, -0.05) is 105 Å². The van der Waals surface area contributed by atoms with Crippen molar-refractivity contribution in [3.05, 3.63) is 95.1 Å². The van der Waals surface area contributed by atoms with Gasteiger partial charge in [-0.3, -0.25) is 0 Å². The first-order chi connectivity index (χ1) is 17.3. The Bertz CT molecular complexity index is 1080. The van der Waals surface area contributed by atoms with Crippen LogP contribution in [0.15, 0.2) is 72.8 Å². The molecule has 0 saturated carbocycles. The van der Waals surface area contributed by atoms with E-state index >= 15 is 0 Å². The van der Waals surface area contributed by atoms with E-state index in [0.717, 1.165) is 59.2 Å². The summed E-state index contributed by atoms with van der Waals surface area (Å²) in [7, 11) is 6.41. The van der Waals surface area contributed by atoms with Gasteiger partial charge in [-0.25, -0.2) is 4.79 Å². The van der Waals surface area contributed by atoms with E-state index in [0.29, 0.717) is 18.6 Å². The Hall–Kier alpha value is -3.11. The molecule has 0 N–H and O–H groups in total. The highest BCUT2D eigenvalue weighted by molar-refractivity contribution is 6.34. The molecular formula is C32H39BO3. The number of hydrogen-bond donors (Lipinski definition) is 0. The van der Waals surface area contributed by atoms with Gasteiger partial charge in [0.25, 0.3) is 0 Å². The molecule has 2 radical (unpaired) electrons. The summed E-state index contributed by atoms with van der Waals surface area (Å²) in [5.74, 6) is -0.350. The predicted molar refractivity (Wildman–Crippen MR) is 154 cm³/mol. The van der Waals surface area contributed by atoms with Crippen LogP contribution in [0.4, 0.5) is 0 Å². The zero-order valence-electron chi connectivity index (χ0n) is 22.3. The Morgan fingerprint density at radius 2 is 1.83 bits per heavy atom. The van der Waals surface area contributed by atoms with E-state index in [1.165, 1.54) is 0 Å². The minimum absolute atomic E-state index is 0.0779. The van der Waals surface area contributed by atoms with Gasteiger partial charge < -0.3 is 9.47 Å². The maximum absolute atomic E-state index is 11.5. The Labute approximate surface area is 219 Å². The van der Waals surface area contributed by atoms with Crippen LogP contribution in [-0.2, 0) is 20.7 Å². The first kappa shape index (κ1) is 29.1. The second kappa shape index (κ2) is 15.8. The molecule has 0 heterocycles. The molecule has 4 heteroatoms. The SMILES string of the molecule is [B]c1cc(C(/C=C\C(C)OCCCC)=C/CC)ccc1/C=C/c1ccc(CCOC(=O)C(=C)C)cc1. The van der Waals surface area contributed by atoms with E-state index in [2.05, 4.69) is 57.7 Å². The lowest BCUT2D eigenvalue weighted by atomic mass is 9.86. The van der Waals surface area contributed by atoms with Gasteiger partial charge >= 0.3 is 5.97 Å². The maximum Gasteiger partial charge on any atom is 0.333 e. The van der Waals surface area contributed by atoms with Gasteiger partial charge in [0.05, 0.1) is 12.7 Å². The highest BCUT2D eigenvalue weighted by Gasteiger charge is 2.04. The van der Waals surface area contributed by atoms with Crippen molar-refractivity contribution in [2.45, 2.75) is 59.5 Å². The van der Waals surface area contributed by atoms with E-state index in [4.69, 9.17) is 17.3 Å². The number of unbranched alkanes of at least 4 members (excludes halogenated alkanes) is 1. The number of esters is 1. The summed E-state index contributed by atoms with van der Waals surface area (Å²) >= 11 is 0. The highest BCUT2D eigenvalue weighted by atomic mass is 16.5. The summed E-state index contributed by atoms with van der Waals surface area (Å²) in [6.45, 7) is 12.7. The molecule has 36 heavy (non-hydrogen) atoms. The lowest BCUT2D eigenvalue weighted by molar-refractivity contribution is -0.138. The fourth-order valence-electron chi connectivity index (χ4n) is 3.48. The molecule has 0 saturated heterocycles. The van der Waals surface area contributed by atoms with E-state index in [1.54, 1.807) is 6.92 Å². The molecule has 2 aromatic rings. The summed E-state index contributed by atoms with van der Waals surface area (Å²) < 4.78 is 11.0. The van der Waals surface area contributed by atoms with Crippen molar-refractivity contribution in [3.8, 4) is 0 Å². The zero-order chi connectivity index (χ0) is 26.3. The molecule has 188 valence electrons. The van der Waals surface area contributed by atoms with Crippen LogP contribution in [0.5, 0.6) is 0 Å². The first-order valence-corrected chi connectivity index (χ1v) is 12.8. The Balaban J connectivity index is 2.01. The molecule has 0 aliphatic rings. The monoisotopic (exact) mass is 482 g/mol. The summed E-state index contributed by atoms with van der Waals surface area (Å²) in [6.07, 6.45) is 14.4. The lowest BCUT2D eigenvalue weighted by Crippen LogP contribution is -2.08. The van der Waals surface area contributed by atoms with Crippen LogP contribution in [0.2, 0.25) is 0 Å². The van der Waals surface area contributed by atoms with Gasteiger partial charge in [0.1, 0.15) is 7.85 Å². The topological polar surface area (TPSA) is 35.5 Å². The Morgan fingerprint density at radius 1 is 1.08 bits per heavy atom. The molecule has 0 spiro atoms. The largest absolute Gasteiger partial charge is 0.462 e. The minimum Gasteiger partial charge on any atom is -0.462 e. The molecule has 2 aromatic carbocycles. The van der Waals surface area contributed by atoms with Gasteiger partial charge in [0.2, 0.25) is 0 Å². The van der Waals surface area contributed by atoms with Crippen LogP contribution < -0.4 is 5.46 Å². The number of benzene rings is 2. The van der Waals surface area contributed by atoms with E-state index in [1.807, 2.05) is 42.5 Å². The summed E-state index contributed by atoms with van der Waals surface area (Å²) in [6, 6.07) is 14.4. The third-order valence-electron chi connectivity index (χ3n) is 5.68. The van der Waals surface area contributed by atoms with Gasteiger partial charge in [-0.2, -0.15) is 0 Å². The normalized spacial score (nSPS) is 12.8. The van der Waals surface area contributed by atoms with Crippen molar-refractivity contribution in [1.29, 1.82) is 0 Å². The molecule has 2 rings (SSSR count). The van der Waals surface area contributed by atoms with Crippen molar-refractivity contribution in [3.63, 3.8) is 0 Å². The van der Waals surface area contributed by atoms with Gasteiger partial charge in [-0.05, 0) is 54.5 Å². The molecule has 1 unspecified atom stereocenters. The number of rotatable bonds is 14. The van der Waals surface area contributed by atoms with Crippen molar-refractivity contribution < 1.29 is 14.3 Å². The summed E-state index contributed by atoms with van der Waals surface area (Å²) in [4.78, 5) is 11.5. The first-order valence-electron chi connectivity index (χ1n) is 12.8. The van der Waals surface area contributed by atoms with Crippen molar-refractivity contribution >= 4 is 37.0 Å². The van der Waals surface area contributed by atoms with Crippen LogP contribution in [-0.4, -0.2) is 33.1 Å². The fourth-order valence-corrected chi connectivity index (χ4v) is 3.48. The number of allylic oxidation sites excluding steroid dienone is 3. The third-order valence-corrected chi connectivity index (χ3v) is 5.68. The molecule has 3 nitrogen and oxygen atoms in total. The number of ether oxygens (including phenoxy) is 2. The number of hydrogen-bond acceptors (Lipinski definition) is 3. The number of carbonyl (C=O) groups excluding carboxylic acids is 1. The summed E-state index contributed by atoms with van der Waals surface area (Å²) in [5, 5.41) is 0. The van der Waals surface area contributed by atoms with Gasteiger partial charge in [0.15, 0.2) is 0 Å². The molecule has 0 aliphatic carbocycles. The molecule has 0 amide bonds. The average molecular weight is 482 g/mol. The molecule has 0 aliphatic heterocycles. The fraction of sp³-hybridized carbons (Fsp3) is 0.344. The minimum atomic E-state index is -0.350. The van der Waals surface area contributed by atoms with Crippen molar-refractivity contribution in [2.24, 2.45) is 0 Å². The van der Waals surface area contributed by atoms with Crippen LogP contribution in [0.3, 0.4) is 0 Å². The predicted octanol–water partition coefficient (Wildman–Crippen LogP) is 6.87. The second-order valence-electron chi connectivity index (χ2n) is 8.94. The standard InChI is InChI=1S/C32H39BO3/c1-6-8-21-35-25(5)10-16-28(9-7-2)30-19-18-29(31(33)23-30)17-15-26-11-13-27(14-12-26)20-22-36-32(34)24(3)4/h9-19,23,25H,3,6-8,20-22H2,1-2,4-5H3/b16-10-,17-15+,28-9+. The van der Waals surface area contributed by atoms with E-state index in [-0.39, 0.29) is 12.1 Å². The quantitative estimate of drug-likeness (QED) is 0.0736. The lowest BCUT2D eigenvalue weighted by Gasteiger charge is -2.10. The number of carbonyl (C=O) groups is 1. The Morgan fingerprint density at radius 3 is 2.47 bits per heavy atom. The molecule has 1 atom stereocenters. The van der Waals surface area contributed by atoms with E-state index in [9.17, 15) is 4.79 Å². The molecule has 0 aromatic heterocycles. The van der Waals surface area contributed by atoms with Crippen LogP contribution >= 0.6 is 0 Å². The van der Waals surface area contributed by atoms with Crippen LogP contribution in [0.25, 0.3) is 17.7 Å². The smallest absolute Gasteiger partial charge is 0.333 e. The summed E-state index contributed by atoms with van der Waals surface area (Å²) in [5.41, 5.74) is 6.56. The van der Waals surface area contributed by atoms with Gasteiger partial charge in [-0.15, -0.1) is 0 Å². The van der Waals surface area contributed by atoms with Crippen LogP contribution in [0.1, 0.15) is 69.2 Å². The van der Waals surface area contributed by atoms with Crippen molar-refractivity contribution in [2.75, 3.05) is 13.2 Å². The highest BCUT2D eigenvalue weighted by Crippen LogP contribution is 2.18. The molecule has 0 fully saturated rings. The van der Waals surface area contributed by atoms with Gasteiger partial charge in [0, 0.05) is 18.6 Å². The van der Waals surface area contributed by atoms with Crippen LogP contribution in [0, 0.1) is 0 Å². The average Bonchev–Trinajstić information content (AvgIpc) is 2.86.